The molecule has 0 spiro atoms. The van der Waals surface area contributed by atoms with Gasteiger partial charge in [0.1, 0.15) is 5.76 Å². The fourth-order valence-electron chi connectivity index (χ4n) is 6.47. The minimum atomic E-state index is -0.0149. The number of furan rings is 1. The summed E-state index contributed by atoms with van der Waals surface area (Å²) in [5.74, 6) is 1.62. The summed E-state index contributed by atoms with van der Waals surface area (Å²) in [6.07, 6.45) is 7.82. The minimum absolute atomic E-state index is 0. The van der Waals surface area contributed by atoms with Gasteiger partial charge in [0.05, 0.1) is 10.5 Å². The van der Waals surface area contributed by atoms with Crippen LogP contribution in [0.5, 0.6) is 0 Å². The number of nitrogens with zero attached hydrogens (tertiary/aromatic N) is 1. The molecule has 0 atom stereocenters. The van der Waals surface area contributed by atoms with Crippen molar-refractivity contribution >= 4 is 48.3 Å². The van der Waals surface area contributed by atoms with Crippen molar-refractivity contribution in [1.82, 2.24) is 4.98 Å². The molecule has 6 heteroatoms. The van der Waals surface area contributed by atoms with Crippen LogP contribution in [0.1, 0.15) is 112 Å². The Morgan fingerprint density at radius 1 is 0.938 bits per heavy atom. The number of thiophene rings is 1. The molecule has 0 aliphatic heterocycles. The molecule has 1 N–H and O–H groups in total. The molecule has 1 radical (unpaired) electrons. The average Bonchev–Trinajstić information content (AvgIpc) is 3.54. The third kappa shape index (κ3) is 8.86. The Kier molecular flexibility index (Phi) is 13.4. The number of aliphatic hydroxyl groups is 1. The molecule has 0 unspecified atom stereocenters. The molecular formula is C42H54IrNO3S-. The Morgan fingerprint density at radius 3 is 2.15 bits per heavy atom. The number of benzene rings is 2. The average molecular weight is 845 g/mol. The molecular weight excluding hydrogens is 791 g/mol. The Morgan fingerprint density at radius 2 is 1.56 bits per heavy atom. The Bertz CT molecular complexity index is 1870. The van der Waals surface area contributed by atoms with Gasteiger partial charge in [-0.3, -0.25) is 9.78 Å². The zero-order valence-corrected chi connectivity index (χ0v) is 34.0. The van der Waals surface area contributed by atoms with Gasteiger partial charge in [-0.15, -0.1) is 40.5 Å². The second-order valence-electron chi connectivity index (χ2n) is 15.1. The van der Waals surface area contributed by atoms with E-state index < -0.39 is 0 Å². The van der Waals surface area contributed by atoms with Crippen molar-refractivity contribution in [2.75, 3.05) is 0 Å². The SMILES string of the molecule is CCC(CC)C(=O)/C=C(\O)C(CC)CC.Cc1c(C(C)(C)C)oc2c1sc1c(-c3[c-]c4ccccc4c(CC(C)(C)C)c3)nccc12.[Ir]. The summed E-state index contributed by atoms with van der Waals surface area (Å²) in [6, 6.07) is 16.6. The van der Waals surface area contributed by atoms with E-state index in [-0.39, 0.29) is 54.3 Å². The van der Waals surface area contributed by atoms with E-state index in [0.717, 1.165) is 65.5 Å². The van der Waals surface area contributed by atoms with E-state index in [1.54, 1.807) is 11.3 Å². The van der Waals surface area contributed by atoms with Crippen LogP contribution >= 0.6 is 11.3 Å². The minimum Gasteiger partial charge on any atom is -0.512 e. The molecule has 3 heterocycles. The van der Waals surface area contributed by atoms with Crippen molar-refractivity contribution in [2.45, 2.75) is 114 Å². The van der Waals surface area contributed by atoms with Crippen molar-refractivity contribution in [2.24, 2.45) is 17.3 Å². The van der Waals surface area contributed by atoms with Crippen LogP contribution in [0.2, 0.25) is 0 Å². The van der Waals surface area contributed by atoms with Gasteiger partial charge in [0, 0.05) is 71.0 Å². The molecule has 5 rings (SSSR count). The first-order valence-electron chi connectivity index (χ1n) is 17.3. The number of hydrogen-bond donors (Lipinski definition) is 1. The van der Waals surface area contributed by atoms with Crippen LogP contribution in [-0.2, 0) is 36.7 Å². The fourth-order valence-corrected chi connectivity index (χ4v) is 7.69. The van der Waals surface area contributed by atoms with Crippen molar-refractivity contribution in [3.63, 3.8) is 0 Å². The molecule has 48 heavy (non-hydrogen) atoms. The number of ketones is 1. The normalized spacial score (nSPS) is 12.6. The number of aromatic nitrogens is 1. The van der Waals surface area contributed by atoms with Crippen molar-refractivity contribution in [1.29, 1.82) is 0 Å². The third-order valence-electron chi connectivity index (χ3n) is 9.04. The predicted molar refractivity (Wildman–Crippen MR) is 202 cm³/mol. The van der Waals surface area contributed by atoms with Crippen LogP contribution in [-0.4, -0.2) is 15.9 Å². The molecule has 0 fully saturated rings. The number of fused-ring (bicyclic) bond motifs is 4. The number of aryl methyl sites for hydroxylation is 1. The van der Waals surface area contributed by atoms with Gasteiger partial charge in [-0.2, -0.15) is 0 Å². The molecule has 0 saturated heterocycles. The smallest absolute Gasteiger partial charge is 0.162 e. The number of rotatable bonds is 9. The number of hydrogen-bond acceptors (Lipinski definition) is 5. The largest absolute Gasteiger partial charge is 0.512 e. The summed E-state index contributed by atoms with van der Waals surface area (Å²) in [5, 5.41) is 13.3. The van der Waals surface area contributed by atoms with Gasteiger partial charge >= 0.3 is 0 Å². The van der Waals surface area contributed by atoms with E-state index in [2.05, 4.69) is 90.9 Å². The van der Waals surface area contributed by atoms with Gasteiger partial charge < -0.3 is 9.52 Å². The Balaban J connectivity index is 0.000000334. The van der Waals surface area contributed by atoms with Crippen molar-refractivity contribution in [3.8, 4) is 11.3 Å². The first-order valence-corrected chi connectivity index (χ1v) is 18.1. The zero-order valence-electron chi connectivity index (χ0n) is 30.8. The number of allylic oxidation sites excluding steroid dienone is 2. The van der Waals surface area contributed by atoms with Crippen molar-refractivity contribution in [3.05, 3.63) is 77.4 Å². The summed E-state index contributed by atoms with van der Waals surface area (Å²) in [5.41, 5.74) is 5.83. The monoisotopic (exact) mass is 845 g/mol. The Hall–Kier alpha value is -2.79. The second kappa shape index (κ2) is 16.3. The number of carbonyl (C=O) groups excluding carboxylic acids is 1. The maximum absolute atomic E-state index is 11.7. The van der Waals surface area contributed by atoms with E-state index in [1.807, 2.05) is 33.9 Å². The van der Waals surface area contributed by atoms with Crippen LogP contribution in [0.25, 0.3) is 42.4 Å². The first-order chi connectivity index (χ1) is 22.1. The molecule has 4 nitrogen and oxygen atoms in total. The molecule has 0 aliphatic rings. The molecule has 2 aromatic carbocycles. The molecule has 0 aliphatic carbocycles. The van der Waals surface area contributed by atoms with E-state index >= 15 is 0 Å². The van der Waals surface area contributed by atoms with Gasteiger partial charge in [-0.25, -0.2) is 0 Å². The van der Waals surface area contributed by atoms with Crippen molar-refractivity contribution < 1.29 is 34.4 Å². The second-order valence-corrected chi connectivity index (χ2v) is 16.1. The first kappa shape index (κ1) is 39.6. The molecule has 5 aromatic rings. The summed E-state index contributed by atoms with van der Waals surface area (Å²) >= 11 is 1.79. The van der Waals surface area contributed by atoms with Gasteiger partial charge in [0.15, 0.2) is 11.4 Å². The molecule has 0 amide bonds. The van der Waals surface area contributed by atoms with Gasteiger partial charge in [0.2, 0.25) is 0 Å². The van der Waals surface area contributed by atoms with Crippen LogP contribution in [0, 0.1) is 30.2 Å². The Labute approximate surface area is 305 Å². The predicted octanol–water partition coefficient (Wildman–Crippen LogP) is 12.7. The molecule has 261 valence electrons. The van der Waals surface area contributed by atoms with Gasteiger partial charge in [-0.1, -0.05) is 98.4 Å². The fraction of sp³-hybridized carbons (Fsp3) is 0.476. The summed E-state index contributed by atoms with van der Waals surface area (Å²) < 4.78 is 8.85. The van der Waals surface area contributed by atoms with E-state index in [4.69, 9.17) is 9.40 Å². The standard InChI is InChI=1S/C29H30NOS.C13H24O2.Ir/c1-17-25-24(31-27(17)29(5,6)7)22-12-13-30-23(26(22)32-25)19-14-18-10-8-9-11-21(18)20(15-19)16-28(2,3)4;1-5-10(6-2)12(14)9-13(15)11(7-3)8-4;/h8-13,15H,16H2,1-7H3;9-11,14H,5-8H2,1-4H3;/q-1;;/b;12-9-;. The zero-order chi connectivity index (χ0) is 34.7. The topological polar surface area (TPSA) is 63.3 Å². The van der Waals surface area contributed by atoms with Gasteiger partial charge in [0.25, 0.3) is 0 Å². The molecule has 3 aromatic heterocycles. The van der Waals surface area contributed by atoms with E-state index in [1.165, 1.54) is 32.0 Å². The quantitative estimate of drug-likeness (QED) is 0.0912. The summed E-state index contributed by atoms with van der Waals surface area (Å²) in [4.78, 5) is 16.6. The van der Waals surface area contributed by atoms with Crippen LogP contribution in [0.3, 0.4) is 0 Å². The third-order valence-corrected chi connectivity index (χ3v) is 10.4. The maximum atomic E-state index is 11.7. The molecule has 0 bridgehead atoms. The number of pyridine rings is 1. The molecule has 0 saturated carbocycles. The summed E-state index contributed by atoms with van der Waals surface area (Å²) in [7, 11) is 0. The van der Waals surface area contributed by atoms with Crippen LogP contribution in [0.4, 0.5) is 0 Å². The van der Waals surface area contributed by atoms with Crippen LogP contribution < -0.4 is 0 Å². The van der Waals surface area contributed by atoms with Gasteiger partial charge in [-0.05, 0) is 50.5 Å². The van der Waals surface area contributed by atoms with Crippen LogP contribution in [0.15, 0.2) is 58.8 Å². The van der Waals surface area contributed by atoms with E-state index in [0.29, 0.717) is 0 Å². The summed E-state index contributed by atoms with van der Waals surface area (Å²) in [6.45, 7) is 23.7. The van der Waals surface area contributed by atoms with E-state index in [9.17, 15) is 9.90 Å². The maximum Gasteiger partial charge on any atom is 0.162 e. The number of carbonyl (C=O) groups is 1. The number of aliphatic hydroxyl groups excluding tert-OH is 1.